The van der Waals surface area contributed by atoms with Crippen molar-refractivity contribution in [1.29, 1.82) is 0 Å². The number of ether oxygens (including phenoxy) is 3. The van der Waals surface area contributed by atoms with Gasteiger partial charge >= 0.3 is 5.97 Å². The lowest BCUT2D eigenvalue weighted by molar-refractivity contribution is -0.277. The van der Waals surface area contributed by atoms with Crippen LogP contribution in [0.2, 0.25) is 0 Å². The van der Waals surface area contributed by atoms with Crippen molar-refractivity contribution >= 4 is 11.8 Å². The van der Waals surface area contributed by atoms with Crippen molar-refractivity contribution in [3.05, 3.63) is 11.6 Å². The lowest BCUT2D eigenvalue weighted by Crippen LogP contribution is -2.65. The van der Waals surface area contributed by atoms with Gasteiger partial charge in [-0.3, -0.25) is 4.79 Å². The number of nitrogens with two attached hydrogens (primary N) is 1. The number of hydrogen-bond acceptors (Lipinski definition) is 9. The van der Waals surface area contributed by atoms with Crippen LogP contribution in [0.25, 0.3) is 0 Å². The first kappa shape index (κ1) is 33.0. The van der Waals surface area contributed by atoms with E-state index in [0.717, 1.165) is 44.6 Å². The molecule has 3 saturated heterocycles. The van der Waals surface area contributed by atoms with E-state index < -0.39 is 35.9 Å². The van der Waals surface area contributed by atoms with E-state index in [0.29, 0.717) is 24.3 Å². The molecule has 2 saturated carbocycles. The van der Waals surface area contributed by atoms with Gasteiger partial charge in [0.15, 0.2) is 0 Å². The molecule has 5 fully saturated rings. The first-order valence-corrected chi connectivity index (χ1v) is 17.1. The van der Waals surface area contributed by atoms with Gasteiger partial charge in [0, 0.05) is 24.3 Å². The van der Waals surface area contributed by atoms with Crippen LogP contribution in [0.15, 0.2) is 11.6 Å². The maximum absolute atomic E-state index is 13.2. The molecule has 2 aliphatic carbocycles. The van der Waals surface area contributed by atoms with Gasteiger partial charge in [-0.25, -0.2) is 4.79 Å². The van der Waals surface area contributed by atoms with Gasteiger partial charge in [0.05, 0.1) is 43.1 Å². The number of ketones is 1. The van der Waals surface area contributed by atoms with E-state index in [-0.39, 0.29) is 48.9 Å². The summed E-state index contributed by atoms with van der Waals surface area (Å²) in [6, 6.07) is 0. The molecule has 0 radical (unpaired) electrons. The molecule has 0 amide bonds. The van der Waals surface area contributed by atoms with Crippen molar-refractivity contribution in [3.8, 4) is 0 Å². The van der Waals surface area contributed by atoms with Crippen molar-refractivity contribution in [2.24, 2.45) is 35.3 Å². The minimum Gasteiger partial charge on any atom is -0.456 e. The topological polar surface area (TPSA) is 140 Å². The van der Waals surface area contributed by atoms with E-state index in [4.69, 9.17) is 19.9 Å². The smallest absolute Gasteiger partial charge is 0.333 e. The first-order valence-electron chi connectivity index (χ1n) is 17.1. The summed E-state index contributed by atoms with van der Waals surface area (Å²) in [6.45, 7) is 6.37. The van der Waals surface area contributed by atoms with E-state index in [1.165, 1.54) is 32.1 Å². The molecule has 0 aromatic carbocycles. The van der Waals surface area contributed by atoms with E-state index in [2.05, 4.69) is 12.2 Å². The zero-order valence-corrected chi connectivity index (χ0v) is 26.5. The second-order valence-electron chi connectivity index (χ2n) is 14.5. The normalized spacial score (nSPS) is 41.7. The molecule has 5 N–H and O–H groups in total. The molecular formula is C34H56N2O7. The molecule has 8 unspecified atom stereocenters. The first-order chi connectivity index (χ1) is 20.6. The van der Waals surface area contributed by atoms with Gasteiger partial charge in [-0.15, -0.1) is 0 Å². The molecule has 5 aliphatic rings. The van der Waals surface area contributed by atoms with Gasteiger partial charge in [-0.05, 0) is 77.2 Å². The Morgan fingerprint density at radius 1 is 1.16 bits per heavy atom. The molecule has 0 bridgehead atoms. The standard InChI is InChI=1S/C34H56N2O7/c1-4-20(2)33(40)42-29-16-25-27(17-28-31(32(25)39)26(38)15-24(19-37)41-28)43-34(29,3)23(12-10-21-8-6-5-7-9-21)14-22-11-13-30(35)36-18-22/h4,21-25,27-32,36-37,39H,5-19,35H2,1-3H3/t22?,23-,24?,25?,27?,28?,29+,30?,31?,32?,34+/m1/s1. The molecule has 9 nitrogen and oxygen atoms in total. The minimum absolute atomic E-state index is 0.0364. The lowest BCUT2D eigenvalue weighted by atomic mass is 9.64. The number of carbonyl (C=O) groups excluding carboxylic acids is 2. The van der Waals surface area contributed by atoms with Crippen LogP contribution in [0.4, 0.5) is 0 Å². The molecule has 3 heterocycles. The van der Waals surface area contributed by atoms with Crippen LogP contribution in [0.1, 0.15) is 104 Å². The molecule has 244 valence electrons. The van der Waals surface area contributed by atoms with Crippen LogP contribution >= 0.6 is 0 Å². The maximum Gasteiger partial charge on any atom is 0.333 e. The molecular weight excluding hydrogens is 548 g/mol. The van der Waals surface area contributed by atoms with Crippen LogP contribution in [-0.2, 0) is 23.8 Å². The number of rotatable bonds is 9. The lowest BCUT2D eigenvalue weighted by Gasteiger charge is -2.56. The van der Waals surface area contributed by atoms with E-state index in [1.807, 2.05) is 6.92 Å². The Bertz CT molecular complexity index is 991. The Labute approximate surface area is 257 Å². The highest BCUT2D eigenvalue weighted by Gasteiger charge is 2.59. The van der Waals surface area contributed by atoms with Gasteiger partial charge in [0.25, 0.3) is 0 Å². The number of nitrogens with one attached hydrogen (secondary N) is 1. The predicted octanol–water partition coefficient (Wildman–Crippen LogP) is 3.78. The molecule has 0 spiro atoms. The van der Waals surface area contributed by atoms with Crippen LogP contribution in [0, 0.1) is 29.6 Å². The Hall–Kier alpha value is -1.36. The van der Waals surface area contributed by atoms with Crippen molar-refractivity contribution in [3.63, 3.8) is 0 Å². The third-order valence-corrected chi connectivity index (χ3v) is 11.7. The van der Waals surface area contributed by atoms with Crippen molar-refractivity contribution in [2.45, 2.75) is 147 Å². The summed E-state index contributed by atoms with van der Waals surface area (Å²) in [5.74, 6) is -0.100. The predicted molar refractivity (Wildman–Crippen MR) is 163 cm³/mol. The highest BCUT2D eigenvalue weighted by molar-refractivity contribution is 5.87. The Kier molecular flexibility index (Phi) is 11.0. The second kappa shape index (κ2) is 14.4. The molecule has 9 heteroatoms. The number of fused-ring (bicyclic) bond motifs is 2. The molecule has 5 rings (SSSR count). The highest BCUT2D eigenvalue weighted by atomic mass is 16.6. The fourth-order valence-electron chi connectivity index (χ4n) is 8.82. The SMILES string of the molecule is CC=C(C)C(=O)O[C@H]1CC2C(CC3OC(CO)CC(=O)C3C2O)O[C@@]1(C)[C@H](CCC1CCCCC1)CC1CCC(N)NC1. The van der Waals surface area contributed by atoms with E-state index in [1.54, 1.807) is 13.0 Å². The summed E-state index contributed by atoms with van der Waals surface area (Å²) < 4.78 is 19.6. The molecule has 3 aliphatic heterocycles. The monoisotopic (exact) mass is 604 g/mol. The summed E-state index contributed by atoms with van der Waals surface area (Å²) in [6.07, 6.45) is 11.5. The second-order valence-corrected chi connectivity index (χ2v) is 14.5. The van der Waals surface area contributed by atoms with E-state index >= 15 is 0 Å². The number of piperidine rings is 1. The average molecular weight is 605 g/mol. The summed E-state index contributed by atoms with van der Waals surface area (Å²) in [5.41, 5.74) is 5.95. The Balaban J connectivity index is 1.43. The summed E-state index contributed by atoms with van der Waals surface area (Å²) in [4.78, 5) is 26.3. The number of allylic oxidation sites excluding steroid dienone is 1. The van der Waals surface area contributed by atoms with Gasteiger partial charge < -0.3 is 35.5 Å². The Morgan fingerprint density at radius 3 is 2.60 bits per heavy atom. The van der Waals surface area contributed by atoms with Crippen molar-refractivity contribution in [2.75, 3.05) is 13.2 Å². The van der Waals surface area contributed by atoms with Crippen molar-refractivity contribution in [1.82, 2.24) is 5.32 Å². The summed E-state index contributed by atoms with van der Waals surface area (Å²) >= 11 is 0. The van der Waals surface area contributed by atoms with Gasteiger partial charge in [-0.1, -0.05) is 44.6 Å². The third-order valence-electron chi connectivity index (χ3n) is 11.7. The molecule has 0 aromatic heterocycles. The fraction of sp³-hybridized carbons (Fsp3) is 0.882. The van der Waals surface area contributed by atoms with Crippen molar-refractivity contribution < 1.29 is 34.0 Å². The fourth-order valence-corrected chi connectivity index (χ4v) is 8.82. The molecule has 43 heavy (non-hydrogen) atoms. The van der Waals surface area contributed by atoms with Gasteiger partial charge in [-0.2, -0.15) is 0 Å². The van der Waals surface area contributed by atoms with Crippen LogP contribution in [-0.4, -0.2) is 77.4 Å². The van der Waals surface area contributed by atoms with Crippen LogP contribution in [0.5, 0.6) is 0 Å². The zero-order valence-electron chi connectivity index (χ0n) is 26.5. The average Bonchev–Trinajstić information content (AvgIpc) is 3.00. The summed E-state index contributed by atoms with van der Waals surface area (Å²) in [5, 5.41) is 24.8. The van der Waals surface area contributed by atoms with Crippen LogP contribution in [0.3, 0.4) is 0 Å². The number of Topliss-reactive ketones (excluding diaryl/α,β-unsaturated/α-hetero) is 1. The third kappa shape index (κ3) is 7.39. The van der Waals surface area contributed by atoms with Gasteiger partial charge in [0.2, 0.25) is 0 Å². The van der Waals surface area contributed by atoms with Gasteiger partial charge in [0.1, 0.15) is 17.5 Å². The number of carbonyl (C=O) groups is 2. The maximum atomic E-state index is 13.2. The molecule has 0 aromatic rings. The highest BCUT2D eigenvalue weighted by Crippen LogP contribution is 2.50. The molecule has 11 atom stereocenters. The number of aliphatic hydroxyl groups excluding tert-OH is 2. The Morgan fingerprint density at radius 2 is 1.93 bits per heavy atom. The summed E-state index contributed by atoms with van der Waals surface area (Å²) in [7, 11) is 0. The van der Waals surface area contributed by atoms with E-state index in [9.17, 15) is 19.8 Å². The number of esters is 1. The quantitative estimate of drug-likeness (QED) is 0.229. The zero-order chi connectivity index (χ0) is 30.7. The minimum atomic E-state index is -0.950. The number of hydrogen-bond donors (Lipinski definition) is 4. The van der Waals surface area contributed by atoms with Crippen LogP contribution < -0.4 is 11.1 Å². The largest absolute Gasteiger partial charge is 0.456 e. The number of aliphatic hydroxyl groups is 2.